The molecule has 0 heterocycles. The number of nitrogens with zero attached hydrogens (tertiary/aromatic N) is 1. The van der Waals surface area contributed by atoms with Gasteiger partial charge in [-0.05, 0) is 6.54 Å². The topological polar surface area (TPSA) is 62.3 Å². The van der Waals surface area contributed by atoms with E-state index in [0.717, 1.165) is 0 Å². The van der Waals surface area contributed by atoms with E-state index in [1.807, 2.05) is 18.7 Å². The normalized spacial score (nSPS) is 14.0. The molecule has 102 valence electrons. The fraction of sp³-hybridized carbons (Fsp3) is 0.900. The second-order valence-corrected chi connectivity index (χ2v) is 3.92. The van der Waals surface area contributed by atoms with Crippen molar-refractivity contribution in [1.82, 2.24) is 4.90 Å². The lowest BCUT2D eigenvalue weighted by molar-refractivity contribution is -0.174. The second-order valence-electron chi connectivity index (χ2n) is 3.92. The van der Waals surface area contributed by atoms with E-state index in [9.17, 15) is 13.2 Å². The molecule has 0 bridgehead atoms. The highest BCUT2D eigenvalue weighted by atomic mass is 19.4. The van der Waals surface area contributed by atoms with Crippen LogP contribution in [-0.4, -0.2) is 49.8 Å². The molecule has 7 heteroatoms. The highest BCUT2D eigenvalue weighted by Gasteiger charge is 2.27. The molecular formula is C10H20F3N3O. The van der Waals surface area contributed by atoms with Crippen LogP contribution in [0.15, 0.2) is 0 Å². The zero-order valence-electron chi connectivity index (χ0n) is 10.2. The molecule has 0 saturated heterocycles. The number of alkyl halides is 3. The van der Waals surface area contributed by atoms with E-state index in [1.54, 1.807) is 0 Å². The third-order valence-corrected chi connectivity index (χ3v) is 2.33. The Kier molecular flexibility index (Phi) is 7.13. The molecule has 4 nitrogen and oxygen atoms in total. The largest absolute Gasteiger partial charge is 0.411 e. The minimum absolute atomic E-state index is 0.0258. The van der Waals surface area contributed by atoms with E-state index in [2.05, 4.69) is 4.74 Å². The Morgan fingerprint density at radius 3 is 2.47 bits per heavy atom. The molecule has 0 aromatic rings. The summed E-state index contributed by atoms with van der Waals surface area (Å²) < 4.78 is 39.9. The van der Waals surface area contributed by atoms with E-state index in [1.165, 1.54) is 0 Å². The molecule has 0 aromatic carbocycles. The van der Waals surface area contributed by atoms with Gasteiger partial charge in [-0.2, -0.15) is 13.2 Å². The van der Waals surface area contributed by atoms with Crippen molar-refractivity contribution < 1.29 is 17.9 Å². The first kappa shape index (κ1) is 16.2. The van der Waals surface area contributed by atoms with Gasteiger partial charge in [0, 0.05) is 19.0 Å². The number of halogens is 3. The first-order valence-corrected chi connectivity index (χ1v) is 5.47. The molecule has 0 amide bonds. The molecular weight excluding hydrogens is 235 g/mol. The van der Waals surface area contributed by atoms with Crippen molar-refractivity contribution in [2.45, 2.75) is 20.0 Å². The molecule has 0 spiro atoms. The van der Waals surface area contributed by atoms with E-state index < -0.39 is 12.8 Å². The van der Waals surface area contributed by atoms with Gasteiger partial charge in [0.1, 0.15) is 6.61 Å². The fourth-order valence-electron chi connectivity index (χ4n) is 1.25. The van der Waals surface area contributed by atoms with Gasteiger partial charge in [0.15, 0.2) is 0 Å². The van der Waals surface area contributed by atoms with E-state index in [0.29, 0.717) is 19.6 Å². The molecule has 0 saturated carbocycles. The standard InChI is InChI=1S/C10H20F3N3O/c1-3-16(6-8(2)9(14)15)4-5-17-7-10(11,12)13/h8H,3-7H2,1-2H3,(H3,14,15). The predicted molar refractivity (Wildman–Crippen MR) is 60.1 cm³/mol. The van der Waals surface area contributed by atoms with Gasteiger partial charge in [-0.1, -0.05) is 13.8 Å². The summed E-state index contributed by atoms with van der Waals surface area (Å²) in [6, 6.07) is 0. The maximum atomic E-state index is 11.8. The van der Waals surface area contributed by atoms with Crippen LogP contribution in [-0.2, 0) is 4.74 Å². The summed E-state index contributed by atoms with van der Waals surface area (Å²) in [7, 11) is 0. The highest BCUT2D eigenvalue weighted by Crippen LogP contribution is 2.14. The first-order chi connectivity index (χ1) is 7.76. The van der Waals surface area contributed by atoms with E-state index in [-0.39, 0.29) is 18.4 Å². The fourth-order valence-corrected chi connectivity index (χ4v) is 1.25. The first-order valence-electron chi connectivity index (χ1n) is 5.47. The lowest BCUT2D eigenvalue weighted by atomic mass is 10.1. The zero-order chi connectivity index (χ0) is 13.5. The van der Waals surface area contributed by atoms with E-state index in [4.69, 9.17) is 11.1 Å². The monoisotopic (exact) mass is 255 g/mol. The van der Waals surface area contributed by atoms with Crippen LogP contribution >= 0.6 is 0 Å². The number of likely N-dealkylation sites (N-methyl/N-ethyl adjacent to an activating group) is 1. The Morgan fingerprint density at radius 2 is 2.06 bits per heavy atom. The van der Waals surface area contributed by atoms with Gasteiger partial charge in [-0.25, -0.2) is 0 Å². The minimum atomic E-state index is -4.27. The molecule has 0 aliphatic rings. The minimum Gasteiger partial charge on any atom is -0.387 e. The Bertz CT molecular complexity index is 233. The zero-order valence-corrected chi connectivity index (χ0v) is 10.2. The summed E-state index contributed by atoms with van der Waals surface area (Å²) in [4.78, 5) is 1.91. The molecule has 0 aliphatic carbocycles. The summed E-state index contributed by atoms with van der Waals surface area (Å²) in [6.07, 6.45) is -4.27. The van der Waals surface area contributed by atoms with Crippen molar-refractivity contribution in [2.75, 3.05) is 32.8 Å². The third-order valence-electron chi connectivity index (χ3n) is 2.33. The summed E-state index contributed by atoms with van der Waals surface area (Å²) in [5.41, 5.74) is 5.33. The summed E-state index contributed by atoms with van der Waals surface area (Å²) in [5, 5.41) is 7.23. The molecule has 1 atom stereocenters. The smallest absolute Gasteiger partial charge is 0.387 e. The SMILES string of the molecule is CCN(CCOCC(F)(F)F)CC(C)C(=N)N. The van der Waals surface area contributed by atoms with Crippen LogP contribution < -0.4 is 5.73 Å². The number of nitrogens with two attached hydrogens (primary N) is 1. The molecule has 0 aliphatic heterocycles. The predicted octanol–water partition coefficient (Wildman–Crippen LogP) is 1.46. The Labute approximate surface area is 99.4 Å². The van der Waals surface area contributed by atoms with Gasteiger partial charge in [0.2, 0.25) is 0 Å². The van der Waals surface area contributed by atoms with E-state index >= 15 is 0 Å². The number of nitrogens with one attached hydrogen (secondary N) is 1. The molecule has 0 aromatic heterocycles. The van der Waals surface area contributed by atoms with Gasteiger partial charge in [0.05, 0.1) is 12.4 Å². The van der Waals surface area contributed by atoms with Crippen LogP contribution in [0.4, 0.5) is 13.2 Å². The number of ether oxygens (including phenoxy) is 1. The van der Waals surface area contributed by atoms with Crippen molar-refractivity contribution >= 4 is 5.84 Å². The van der Waals surface area contributed by atoms with Crippen molar-refractivity contribution in [3.63, 3.8) is 0 Å². The number of rotatable bonds is 8. The van der Waals surface area contributed by atoms with Crippen molar-refractivity contribution in [3.8, 4) is 0 Å². The Balaban J connectivity index is 3.79. The van der Waals surface area contributed by atoms with Crippen LogP contribution in [0.5, 0.6) is 0 Å². The molecule has 0 rings (SSSR count). The van der Waals surface area contributed by atoms with Gasteiger partial charge in [0.25, 0.3) is 0 Å². The Morgan fingerprint density at radius 1 is 1.47 bits per heavy atom. The number of amidine groups is 1. The highest BCUT2D eigenvalue weighted by molar-refractivity contribution is 5.79. The quantitative estimate of drug-likeness (QED) is 0.392. The lowest BCUT2D eigenvalue weighted by Gasteiger charge is -2.23. The lowest BCUT2D eigenvalue weighted by Crippen LogP contribution is -2.36. The molecule has 0 radical (unpaired) electrons. The van der Waals surface area contributed by atoms with Crippen molar-refractivity contribution in [1.29, 1.82) is 5.41 Å². The van der Waals surface area contributed by atoms with Gasteiger partial charge < -0.3 is 15.4 Å². The molecule has 17 heavy (non-hydrogen) atoms. The van der Waals surface area contributed by atoms with Crippen molar-refractivity contribution in [2.24, 2.45) is 11.7 Å². The maximum absolute atomic E-state index is 11.8. The van der Waals surface area contributed by atoms with Crippen LogP contribution in [0.2, 0.25) is 0 Å². The molecule has 3 N–H and O–H groups in total. The van der Waals surface area contributed by atoms with Gasteiger partial charge >= 0.3 is 6.18 Å². The average Bonchev–Trinajstić information content (AvgIpc) is 2.20. The Hall–Kier alpha value is -0.820. The summed E-state index contributed by atoms with van der Waals surface area (Å²) in [5.74, 6) is -0.0165. The summed E-state index contributed by atoms with van der Waals surface area (Å²) >= 11 is 0. The molecule has 0 fully saturated rings. The second kappa shape index (κ2) is 7.50. The number of hydrogen-bond donors (Lipinski definition) is 2. The third kappa shape index (κ3) is 8.93. The summed E-state index contributed by atoms with van der Waals surface area (Å²) in [6.45, 7) is 4.17. The van der Waals surface area contributed by atoms with Crippen molar-refractivity contribution in [3.05, 3.63) is 0 Å². The maximum Gasteiger partial charge on any atom is 0.411 e. The van der Waals surface area contributed by atoms with Crippen LogP contribution in [0.1, 0.15) is 13.8 Å². The van der Waals surface area contributed by atoms with Crippen LogP contribution in [0.3, 0.4) is 0 Å². The van der Waals surface area contributed by atoms with Crippen LogP contribution in [0.25, 0.3) is 0 Å². The average molecular weight is 255 g/mol. The van der Waals surface area contributed by atoms with Gasteiger partial charge in [-0.3, -0.25) is 5.41 Å². The van der Waals surface area contributed by atoms with Crippen LogP contribution in [0, 0.1) is 11.3 Å². The number of hydrogen-bond acceptors (Lipinski definition) is 3. The van der Waals surface area contributed by atoms with Gasteiger partial charge in [-0.15, -0.1) is 0 Å². The molecule has 1 unspecified atom stereocenters.